The standard InChI is InChI=1S/C7H9ClN2O/c8-4-3-7(11)9-10-5-1-2-6-10/h1-2,5-6H,3-4H2,(H,9,11). The molecule has 4 heteroatoms. The molecule has 0 saturated carbocycles. The Balaban J connectivity index is 2.37. The van der Waals surface area contributed by atoms with Crippen molar-refractivity contribution in [2.45, 2.75) is 6.42 Å². The molecule has 11 heavy (non-hydrogen) atoms. The number of nitrogens with one attached hydrogen (secondary N) is 1. The molecule has 0 bridgehead atoms. The van der Waals surface area contributed by atoms with Gasteiger partial charge in [-0.2, -0.15) is 0 Å². The van der Waals surface area contributed by atoms with Crippen molar-refractivity contribution in [3.05, 3.63) is 24.5 Å². The maximum Gasteiger partial charge on any atom is 0.239 e. The van der Waals surface area contributed by atoms with Crippen LogP contribution in [-0.4, -0.2) is 16.5 Å². The van der Waals surface area contributed by atoms with Crippen molar-refractivity contribution < 1.29 is 4.79 Å². The zero-order valence-electron chi connectivity index (χ0n) is 5.96. The van der Waals surface area contributed by atoms with E-state index in [9.17, 15) is 4.79 Å². The topological polar surface area (TPSA) is 34.0 Å². The summed E-state index contributed by atoms with van der Waals surface area (Å²) in [5, 5.41) is 0. The Labute approximate surface area is 69.9 Å². The van der Waals surface area contributed by atoms with Crippen LogP contribution in [0, 0.1) is 0 Å². The van der Waals surface area contributed by atoms with Crippen LogP contribution in [0.15, 0.2) is 24.5 Å². The average molecular weight is 173 g/mol. The highest BCUT2D eigenvalue weighted by Crippen LogP contribution is 1.88. The van der Waals surface area contributed by atoms with E-state index in [2.05, 4.69) is 5.43 Å². The highest BCUT2D eigenvalue weighted by molar-refractivity contribution is 6.19. The largest absolute Gasteiger partial charge is 0.273 e. The van der Waals surface area contributed by atoms with Crippen molar-refractivity contribution in [3.8, 4) is 0 Å². The summed E-state index contributed by atoms with van der Waals surface area (Å²) in [6, 6.07) is 3.67. The quantitative estimate of drug-likeness (QED) is 0.683. The van der Waals surface area contributed by atoms with Gasteiger partial charge in [0.25, 0.3) is 0 Å². The highest BCUT2D eigenvalue weighted by atomic mass is 35.5. The first kappa shape index (κ1) is 8.14. The second kappa shape index (κ2) is 4.03. The normalized spacial score (nSPS) is 9.55. The van der Waals surface area contributed by atoms with Gasteiger partial charge in [-0.05, 0) is 12.1 Å². The second-order valence-electron chi connectivity index (χ2n) is 2.06. The minimum atomic E-state index is -0.0730. The number of amides is 1. The third kappa shape index (κ3) is 2.63. The Morgan fingerprint density at radius 3 is 2.64 bits per heavy atom. The number of hydrogen-bond donors (Lipinski definition) is 1. The highest BCUT2D eigenvalue weighted by Gasteiger charge is 1.97. The number of nitrogens with zero attached hydrogens (tertiary/aromatic N) is 1. The van der Waals surface area contributed by atoms with Crippen LogP contribution in [0.5, 0.6) is 0 Å². The van der Waals surface area contributed by atoms with Gasteiger partial charge in [0.15, 0.2) is 0 Å². The van der Waals surface area contributed by atoms with Gasteiger partial charge in [0.2, 0.25) is 5.91 Å². The fraction of sp³-hybridized carbons (Fsp3) is 0.286. The molecule has 3 nitrogen and oxygen atoms in total. The van der Waals surface area contributed by atoms with Gasteiger partial charge in [0, 0.05) is 24.7 Å². The summed E-state index contributed by atoms with van der Waals surface area (Å²) in [6.07, 6.45) is 3.86. The van der Waals surface area contributed by atoms with Gasteiger partial charge in [-0.3, -0.25) is 14.9 Å². The molecule has 1 amide bonds. The molecule has 1 heterocycles. The third-order valence-corrected chi connectivity index (χ3v) is 1.37. The number of halogens is 1. The van der Waals surface area contributed by atoms with E-state index in [0.717, 1.165) is 0 Å². The molecule has 0 spiro atoms. The van der Waals surface area contributed by atoms with E-state index >= 15 is 0 Å². The molecule has 1 rings (SSSR count). The third-order valence-electron chi connectivity index (χ3n) is 1.18. The van der Waals surface area contributed by atoms with Crippen molar-refractivity contribution >= 4 is 17.5 Å². The summed E-state index contributed by atoms with van der Waals surface area (Å²) in [5.41, 5.74) is 2.62. The molecule has 0 aliphatic heterocycles. The van der Waals surface area contributed by atoms with Crippen LogP contribution in [0.1, 0.15) is 6.42 Å². The maximum absolute atomic E-state index is 10.9. The summed E-state index contributed by atoms with van der Waals surface area (Å²) in [4.78, 5) is 10.9. The summed E-state index contributed by atoms with van der Waals surface area (Å²) in [6.45, 7) is 0. The Kier molecular flexibility index (Phi) is 2.98. The minimum absolute atomic E-state index is 0.0730. The molecule has 0 aliphatic carbocycles. The SMILES string of the molecule is O=C(CCCl)Nn1cccc1. The molecule has 0 unspecified atom stereocenters. The molecular weight excluding hydrogens is 164 g/mol. The van der Waals surface area contributed by atoms with E-state index in [-0.39, 0.29) is 5.91 Å². The summed E-state index contributed by atoms with van der Waals surface area (Å²) < 4.78 is 1.59. The molecule has 1 aromatic heterocycles. The molecule has 1 aromatic rings. The summed E-state index contributed by atoms with van der Waals surface area (Å²) in [7, 11) is 0. The first-order chi connectivity index (χ1) is 5.33. The zero-order valence-corrected chi connectivity index (χ0v) is 6.71. The van der Waals surface area contributed by atoms with Crippen molar-refractivity contribution in [1.82, 2.24) is 4.68 Å². The Bertz CT molecular complexity index is 220. The van der Waals surface area contributed by atoms with Crippen LogP contribution < -0.4 is 5.43 Å². The van der Waals surface area contributed by atoms with Crippen LogP contribution in [-0.2, 0) is 4.79 Å². The van der Waals surface area contributed by atoms with Gasteiger partial charge in [-0.15, -0.1) is 11.6 Å². The summed E-state index contributed by atoms with van der Waals surface area (Å²) in [5.74, 6) is 0.281. The monoisotopic (exact) mass is 172 g/mol. The lowest BCUT2D eigenvalue weighted by Gasteiger charge is -2.03. The molecule has 0 saturated heterocycles. The zero-order chi connectivity index (χ0) is 8.10. The van der Waals surface area contributed by atoms with Crippen molar-refractivity contribution in [2.75, 3.05) is 11.3 Å². The van der Waals surface area contributed by atoms with Gasteiger partial charge in [0.05, 0.1) is 0 Å². The Morgan fingerprint density at radius 2 is 2.09 bits per heavy atom. The number of carbonyl (C=O) groups excluding carboxylic acids is 1. The van der Waals surface area contributed by atoms with E-state index in [1.54, 1.807) is 17.1 Å². The Morgan fingerprint density at radius 1 is 1.45 bits per heavy atom. The minimum Gasteiger partial charge on any atom is -0.273 e. The number of alkyl halides is 1. The molecule has 0 fully saturated rings. The molecular formula is C7H9ClN2O. The maximum atomic E-state index is 10.9. The van der Waals surface area contributed by atoms with Crippen molar-refractivity contribution in [1.29, 1.82) is 0 Å². The van der Waals surface area contributed by atoms with E-state index in [1.165, 1.54) is 0 Å². The first-order valence-electron chi connectivity index (χ1n) is 3.31. The molecule has 0 radical (unpaired) electrons. The van der Waals surface area contributed by atoms with Gasteiger partial charge < -0.3 is 0 Å². The molecule has 1 N–H and O–H groups in total. The molecule has 60 valence electrons. The van der Waals surface area contributed by atoms with Crippen LogP contribution >= 0.6 is 11.6 Å². The van der Waals surface area contributed by atoms with E-state index in [4.69, 9.17) is 11.6 Å². The van der Waals surface area contributed by atoms with Crippen LogP contribution in [0.2, 0.25) is 0 Å². The first-order valence-corrected chi connectivity index (χ1v) is 3.85. The van der Waals surface area contributed by atoms with E-state index in [1.807, 2.05) is 12.1 Å². The fourth-order valence-corrected chi connectivity index (χ4v) is 0.866. The van der Waals surface area contributed by atoms with Crippen LogP contribution in [0.3, 0.4) is 0 Å². The van der Waals surface area contributed by atoms with Gasteiger partial charge in [-0.1, -0.05) is 0 Å². The molecule has 0 aliphatic rings. The van der Waals surface area contributed by atoms with E-state index < -0.39 is 0 Å². The van der Waals surface area contributed by atoms with Crippen molar-refractivity contribution in [3.63, 3.8) is 0 Å². The smallest absolute Gasteiger partial charge is 0.239 e. The fourth-order valence-electron chi connectivity index (χ4n) is 0.695. The Hall–Kier alpha value is -0.960. The average Bonchev–Trinajstić information content (AvgIpc) is 2.40. The van der Waals surface area contributed by atoms with Gasteiger partial charge in [-0.25, -0.2) is 0 Å². The predicted octanol–water partition coefficient (Wildman–Crippen LogP) is 1.19. The van der Waals surface area contributed by atoms with Gasteiger partial charge >= 0.3 is 0 Å². The predicted molar refractivity (Wildman–Crippen MR) is 44.1 cm³/mol. The van der Waals surface area contributed by atoms with Crippen LogP contribution in [0.25, 0.3) is 0 Å². The summed E-state index contributed by atoms with van der Waals surface area (Å²) >= 11 is 5.37. The number of rotatable bonds is 3. The van der Waals surface area contributed by atoms with Crippen LogP contribution in [0.4, 0.5) is 0 Å². The molecule has 0 atom stereocenters. The lowest BCUT2D eigenvalue weighted by Crippen LogP contribution is -2.21. The number of aromatic nitrogens is 1. The second-order valence-corrected chi connectivity index (χ2v) is 2.44. The van der Waals surface area contributed by atoms with Crippen molar-refractivity contribution in [2.24, 2.45) is 0 Å². The lowest BCUT2D eigenvalue weighted by atomic mass is 10.5. The number of hydrogen-bond acceptors (Lipinski definition) is 1. The lowest BCUT2D eigenvalue weighted by molar-refractivity contribution is -0.116. The molecule has 0 aromatic carbocycles. The van der Waals surface area contributed by atoms with E-state index in [0.29, 0.717) is 12.3 Å². The van der Waals surface area contributed by atoms with Gasteiger partial charge in [0.1, 0.15) is 0 Å². The number of carbonyl (C=O) groups is 1.